The Morgan fingerprint density at radius 3 is 2.73 bits per heavy atom. The van der Waals surface area contributed by atoms with Gasteiger partial charge in [0, 0.05) is 33.0 Å². The van der Waals surface area contributed by atoms with Crippen LogP contribution in [0.2, 0.25) is 0 Å². The zero-order valence-corrected chi connectivity index (χ0v) is 9.87. The Morgan fingerprint density at radius 2 is 2.20 bits per heavy atom. The summed E-state index contributed by atoms with van der Waals surface area (Å²) >= 11 is 0. The number of anilines is 1. The molecule has 0 fully saturated rings. The molecule has 84 valence electrons. The zero-order valence-electron chi connectivity index (χ0n) is 9.06. The third-order valence-electron chi connectivity index (χ3n) is 2.19. The van der Waals surface area contributed by atoms with Crippen LogP contribution in [-0.4, -0.2) is 38.3 Å². The molecule has 0 saturated carbocycles. The van der Waals surface area contributed by atoms with Gasteiger partial charge in [-0.3, -0.25) is 4.98 Å². The van der Waals surface area contributed by atoms with Gasteiger partial charge in [0.2, 0.25) is 10.0 Å². The molecule has 0 amide bonds. The molecule has 0 aromatic carbocycles. The fraction of sp³-hybridized carbons (Fsp3) is 0.444. The predicted molar refractivity (Wildman–Crippen MR) is 59.3 cm³/mol. The summed E-state index contributed by atoms with van der Waals surface area (Å²) in [5, 5.41) is 2.83. The molecule has 6 heteroatoms. The topological polar surface area (TPSA) is 62.3 Å². The first-order valence-electron chi connectivity index (χ1n) is 4.62. The van der Waals surface area contributed by atoms with Crippen molar-refractivity contribution in [2.75, 3.05) is 26.0 Å². The van der Waals surface area contributed by atoms with Gasteiger partial charge in [-0.2, -0.15) is 0 Å². The van der Waals surface area contributed by atoms with Gasteiger partial charge in [0.25, 0.3) is 0 Å². The maximum atomic E-state index is 12.0. The van der Waals surface area contributed by atoms with Crippen LogP contribution < -0.4 is 5.32 Å². The Labute approximate surface area is 90.2 Å². The highest BCUT2D eigenvalue weighted by Crippen LogP contribution is 2.21. The molecular weight excluding hydrogens is 214 g/mol. The van der Waals surface area contributed by atoms with E-state index in [1.54, 1.807) is 33.3 Å². The number of nitrogens with one attached hydrogen (secondary N) is 1. The van der Waals surface area contributed by atoms with Crippen LogP contribution in [0.3, 0.4) is 0 Å². The average molecular weight is 229 g/mol. The van der Waals surface area contributed by atoms with Gasteiger partial charge in [-0.15, -0.1) is 0 Å². The molecule has 1 heterocycles. The maximum Gasteiger partial charge on any atom is 0.246 e. The summed E-state index contributed by atoms with van der Waals surface area (Å²) in [6.45, 7) is 2.22. The minimum Gasteiger partial charge on any atom is -0.387 e. The number of sulfonamides is 1. The molecule has 0 atom stereocenters. The first kappa shape index (κ1) is 11.9. The molecule has 0 saturated heterocycles. The van der Waals surface area contributed by atoms with Crippen molar-refractivity contribution in [3.05, 3.63) is 18.5 Å². The molecule has 0 unspecified atom stereocenters. The lowest BCUT2D eigenvalue weighted by atomic mass is 10.4. The molecule has 5 nitrogen and oxygen atoms in total. The second-order valence-electron chi connectivity index (χ2n) is 3.04. The first-order chi connectivity index (χ1) is 7.04. The number of aromatic nitrogens is 1. The van der Waals surface area contributed by atoms with Gasteiger partial charge in [-0.05, 0) is 6.07 Å². The molecule has 0 spiro atoms. The third-order valence-corrected chi connectivity index (χ3v) is 4.15. The van der Waals surface area contributed by atoms with Crippen molar-refractivity contribution in [3.8, 4) is 0 Å². The monoisotopic (exact) mass is 229 g/mol. The zero-order chi connectivity index (χ0) is 11.5. The molecular formula is C9H15N3O2S. The Balaban J connectivity index is 3.27. The van der Waals surface area contributed by atoms with Gasteiger partial charge in [-0.25, -0.2) is 12.7 Å². The van der Waals surface area contributed by atoms with Gasteiger partial charge in [0.1, 0.15) is 4.90 Å². The van der Waals surface area contributed by atoms with Crippen LogP contribution in [0.15, 0.2) is 23.4 Å². The number of rotatable bonds is 4. The van der Waals surface area contributed by atoms with E-state index in [4.69, 9.17) is 0 Å². The van der Waals surface area contributed by atoms with Gasteiger partial charge >= 0.3 is 0 Å². The van der Waals surface area contributed by atoms with E-state index in [0.29, 0.717) is 12.2 Å². The van der Waals surface area contributed by atoms with Crippen molar-refractivity contribution in [1.82, 2.24) is 9.29 Å². The van der Waals surface area contributed by atoms with Crippen molar-refractivity contribution >= 4 is 15.7 Å². The molecule has 1 rings (SSSR count). The van der Waals surface area contributed by atoms with Crippen LogP contribution in [0.1, 0.15) is 6.92 Å². The standard InChI is InChI=1S/C9H15N3O2S/c1-4-12(3)15(13,14)9-7-11-6-5-8(9)10-2/h5-7H,4H2,1-3H3,(H,10,11). The molecule has 1 N–H and O–H groups in total. The predicted octanol–water partition coefficient (Wildman–Crippen LogP) is 0.764. The molecule has 0 radical (unpaired) electrons. The second kappa shape index (κ2) is 4.59. The van der Waals surface area contributed by atoms with E-state index >= 15 is 0 Å². The van der Waals surface area contributed by atoms with Crippen molar-refractivity contribution in [2.45, 2.75) is 11.8 Å². The van der Waals surface area contributed by atoms with Crippen LogP contribution in [-0.2, 0) is 10.0 Å². The smallest absolute Gasteiger partial charge is 0.246 e. The molecule has 0 aliphatic rings. The van der Waals surface area contributed by atoms with Crippen LogP contribution in [0, 0.1) is 0 Å². The number of hydrogen-bond acceptors (Lipinski definition) is 4. The highest BCUT2D eigenvalue weighted by atomic mass is 32.2. The van der Waals surface area contributed by atoms with Crippen molar-refractivity contribution < 1.29 is 8.42 Å². The van der Waals surface area contributed by atoms with Crippen molar-refractivity contribution in [2.24, 2.45) is 0 Å². The Hall–Kier alpha value is -1.14. The Morgan fingerprint density at radius 1 is 1.53 bits per heavy atom. The summed E-state index contributed by atoms with van der Waals surface area (Å²) < 4.78 is 25.3. The second-order valence-corrected chi connectivity index (χ2v) is 5.05. The highest BCUT2D eigenvalue weighted by molar-refractivity contribution is 7.89. The van der Waals surface area contributed by atoms with E-state index < -0.39 is 10.0 Å². The fourth-order valence-electron chi connectivity index (χ4n) is 1.13. The number of hydrogen-bond donors (Lipinski definition) is 1. The fourth-order valence-corrected chi connectivity index (χ4v) is 2.45. The van der Waals surface area contributed by atoms with E-state index in [0.717, 1.165) is 0 Å². The molecule has 1 aromatic heterocycles. The maximum absolute atomic E-state index is 12.0. The Kier molecular flexibility index (Phi) is 3.65. The van der Waals surface area contributed by atoms with E-state index in [9.17, 15) is 8.42 Å². The normalized spacial score (nSPS) is 11.7. The first-order valence-corrected chi connectivity index (χ1v) is 6.06. The van der Waals surface area contributed by atoms with Crippen molar-refractivity contribution in [3.63, 3.8) is 0 Å². The molecule has 0 aliphatic heterocycles. The summed E-state index contributed by atoms with van der Waals surface area (Å²) in [4.78, 5) is 4.04. The van der Waals surface area contributed by atoms with E-state index in [1.165, 1.54) is 10.5 Å². The third kappa shape index (κ3) is 2.27. The summed E-state index contributed by atoms with van der Waals surface area (Å²) in [6, 6.07) is 1.64. The van der Waals surface area contributed by atoms with Crippen LogP contribution in [0.25, 0.3) is 0 Å². The lowest BCUT2D eigenvalue weighted by Gasteiger charge is -2.16. The summed E-state index contributed by atoms with van der Waals surface area (Å²) in [5.41, 5.74) is 0.560. The van der Waals surface area contributed by atoms with Crippen LogP contribution in [0.4, 0.5) is 5.69 Å². The van der Waals surface area contributed by atoms with Gasteiger partial charge in [0.05, 0.1) is 5.69 Å². The Bertz CT molecular complexity index is 431. The number of nitrogens with zero attached hydrogens (tertiary/aromatic N) is 2. The summed E-state index contributed by atoms with van der Waals surface area (Å²) in [5.74, 6) is 0. The molecule has 0 bridgehead atoms. The summed E-state index contributed by atoms with van der Waals surface area (Å²) in [6.07, 6.45) is 2.91. The molecule has 0 aliphatic carbocycles. The largest absolute Gasteiger partial charge is 0.387 e. The van der Waals surface area contributed by atoms with E-state index in [1.807, 2.05) is 0 Å². The van der Waals surface area contributed by atoms with Crippen molar-refractivity contribution in [1.29, 1.82) is 0 Å². The SMILES string of the molecule is CCN(C)S(=O)(=O)c1cnccc1NC. The minimum absolute atomic E-state index is 0.205. The van der Waals surface area contributed by atoms with Gasteiger partial charge < -0.3 is 5.32 Å². The lowest BCUT2D eigenvalue weighted by Crippen LogP contribution is -2.27. The molecule has 1 aromatic rings. The molecule has 15 heavy (non-hydrogen) atoms. The quantitative estimate of drug-likeness (QED) is 0.828. The van der Waals surface area contributed by atoms with E-state index in [2.05, 4.69) is 10.3 Å². The minimum atomic E-state index is -3.42. The average Bonchev–Trinajstić information content (AvgIpc) is 2.27. The lowest BCUT2D eigenvalue weighted by molar-refractivity contribution is 0.486. The van der Waals surface area contributed by atoms with Gasteiger partial charge in [-0.1, -0.05) is 6.92 Å². The summed E-state index contributed by atoms with van der Waals surface area (Å²) in [7, 11) is -0.199. The van der Waals surface area contributed by atoms with Crippen LogP contribution in [0.5, 0.6) is 0 Å². The van der Waals surface area contributed by atoms with Gasteiger partial charge in [0.15, 0.2) is 0 Å². The number of pyridine rings is 1. The van der Waals surface area contributed by atoms with E-state index in [-0.39, 0.29) is 4.90 Å². The van der Waals surface area contributed by atoms with Crippen LogP contribution >= 0.6 is 0 Å². The highest BCUT2D eigenvalue weighted by Gasteiger charge is 2.22.